The van der Waals surface area contributed by atoms with Crippen LogP contribution in [0.2, 0.25) is 0 Å². The van der Waals surface area contributed by atoms with Gasteiger partial charge in [0.25, 0.3) is 0 Å². The molecular formula is C6H6FN3O4. The second kappa shape index (κ2) is 3.42. The summed E-state index contributed by atoms with van der Waals surface area (Å²) in [6.45, 7) is 0. The number of nitrogens with two attached hydrogens (primary N) is 1. The largest absolute Gasteiger partial charge is 0.478 e. The van der Waals surface area contributed by atoms with Crippen molar-refractivity contribution in [1.82, 2.24) is 9.55 Å². The number of aliphatic carboxylic acids is 1. The third-order valence-corrected chi connectivity index (χ3v) is 1.42. The van der Waals surface area contributed by atoms with Gasteiger partial charge >= 0.3 is 11.7 Å². The van der Waals surface area contributed by atoms with Crippen LogP contribution in [0.5, 0.6) is 0 Å². The minimum Gasteiger partial charge on any atom is -0.478 e. The zero-order valence-corrected chi connectivity index (χ0v) is 6.72. The summed E-state index contributed by atoms with van der Waals surface area (Å²) in [6, 6.07) is 0. The van der Waals surface area contributed by atoms with E-state index in [1.807, 2.05) is 0 Å². The van der Waals surface area contributed by atoms with Crippen molar-refractivity contribution in [1.29, 1.82) is 0 Å². The molecule has 1 rings (SSSR count). The summed E-state index contributed by atoms with van der Waals surface area (Å²) in [5, 5.41) is 17.2. The van der Waals surface area contributed by atoms with Crippen LogP contribution in [-0.2, 0) is 4.79 Å². The molecule has 0 fully saturated rings. The summed E-state index contributed by atoms with van der Waals surface area (Å²) >= 11 is 0. The summed E-state index contributed by atoms with van der Waals surface area (Å²) in [7, 11) is 0. The molecule has 1 aromatic heterocycles. The van der Waals surface area contributed by atoms with E-state index in [1.54, 1.807) is 0 Å². The Morgan fingerprint density at radius 2 is 2.29 bits per heavy atom. The molecule has 0 aliphatic rings. The van der Waals surface area contributed by atoms with Crippen LogP contribution >= 0.6 is 0 Å². The van der Waals surface area contributed by atoms with Crippen LogP contribution in [0.4, 0.5) is 10.2 Å². The normalized spacial score (nSPS) is 12.4. The molecule has 14 heavy (non-hydrogen) atoms. The van der Waals surface area contributed by atoms with Gasteiger partial charge < -0.3 is 15.9 Å². The maximum Gasteiger partial charge on any atom is 0.354 e. The molecule has 1 atom stereocenters. The highest BCUT2D eigenvalue weighted by Gasteiger charge is 2.18. The number of carboxylic acids is 1. The Morgan fingerprint density at radius 3 is 2.79 bits per heavy atom. The van der Waals surface area contributed by atoms with Crippen LogP contribution in [0, 0.1) is 5.82 Å². The first-order valence-electron chi connectivity index (χ1n) is 3.38. The van der Waals surface area contributed by atoms with Gasteiger partial charge in [-0.05, 0) is 0 Å². The van der Waals surface area contributed by atoms with Crippen LogP contribution in [0.1, 0.15) is 6.23 Å². The summed E-state index contributed by atoms with van der Waals surface area (Å²) in [6.07, 6.45) is -1.70. The van der Waals surface area contributed by atoms with Crippen LogP contribution in [0.15, 0.2) is 11.0 Å². The maximum atomic E-state index is 12.7. The number of halogens is 1. The topological polar surface area (TPSA) is 118 Å². The van der Waals surface area contributed by atoms with Crippen molar-refractivity contribution >= 4 is 11.8 Å². The number of aromatic nitrogens is 2. The molecule has 0 bridgehead atoms. The van der Waals surface area contributed by atoms with E-state index in [0.29, 0.717) is 6.20 Å². The molecule has 0 aliphatic heterocycles. The molecule has 1 heterocycles. The fraction of sp³-hybridized carbons (Fsp3) is 0.167. The lowest BCUT2D eigenvalue weighted by molar-refractivity contribution is -0.152. The van der Waals surface area contributed by atoms with Crippen LogP contribution in [0.25, 0.3) is 0 Å². The fourth-order valence-electron chi connectivity index (χ4n) is 0.752. The second-order valence-electron chi connectivity index (χ2n) is 2.38. The molecule has 8 heteroatoms. The Labute approximate surface area is 76.2 Å². The molecule has 1 aromatic rings. The lowest BCUT2D eigenvalue weighted by atomic mass is 10.5. The van der Waals surface area contributed by atoms with Crippen LogP contribution < -0.4 is 11.4 Å². The van der Waals surface area contributed by atoms with Crippen molar-refractivity contribution in [2.24, 2.45) is 0 Å². The van der Waals surface area contributed by atoms with E-state index in [0.717, 1.165) is 0 Å². The Kier molecular flexibility index (Phi) is 2.47. The van der Waals surface area contributed by atoms with Gasteiger partial charge in [-0.3, -0.25) is 4.57 Å². The van der Waals surface area contributed by atoms with Gasteiger partial charge in [-0.2, -0.15) is 4.98 Å². The van der Waals surface area contributed by atoms with Crippen molar-refractivity contribution in [3.8, 4) is 0 Å². The number of aliphatic hydroxyl groups is 1. The first-order chi connectivity index (χ1) is 6.43. The highest BCUT2D eigenvalue weighted by atomic mass is 19.1. The molecule has 0 saturated heterocycles. The average Bonchev–Trinajstić information content (AvgIpc) is 2.10. The van der Waals surface area contributed by atoms with E-state index in [4.69, 9.17) is 15.9 Å². The minimum atomic E-state index is -2.18. The average molecular weight is 203 g/mol. The zero-order valence-electron chi connectivity index (χ0n) is 6.72. The number of rotatable bonds is 2. The number of nitrogens with zero attached hydrogens (tertiary/aromatic N) is 2. The molecule has 1 unspecified atom stereocenters. The van der Waals surface area contributed by atoms with Crippen molar-refractivity contribution in [3.05, 3.63) is 22.5 Å². The van der Waals surface area contributed by atoms with Crippen molar-refractivity contribution < 1.29 is 19.4 Å². The lowest BCUT2D eigenvalue weighted by Crippen LogP contribution is -2.32. The van der Waals surface area contributed by atoms with Crippen molar-refractivity contribution in [2.45, 2.75) is 6.23 Å². The van der Waals surface area contributed by atoms with E-state index < -0.39 is 29.5 Å². The Balaban J connectivity index is 3.29. The number of carbonyl (C=O) groups is 1. The van der Waals surface area contributed by atoms with Crippen molar-refractivity contribution in [3.63, 3.8) is 0 Å². The first kappa shape index (κ1) is 10.1. The number of hydrogen-bond acceptors (Lipinski definition) is 5. The first-order valence-corrected chi connectivity index (χ1v) is 3.38. The highest BCUT2D eigenvalue weighted by molar-refractivity contribution is 5.69. The predicted molar refractivity (Wildman–Crippen MR) is 41.8 cm³/mol. The number of hydrogen-bond donors (Lipinski definition) is 3. The smallest absolute Gasteiger partial charge is 0.354 e. The number of carboxylic acid groups (broad SMARTS) is 1. The maximum absolute atomic E-state index is 12.7. The summed E-state index contributed by atoms with van der Waals surface area (Å²) in [4.78, 5) is 24.1. The zero-order chi connectivity index (χ0) is 10.9. The van der Waals surface area contributed by atoms with Gasteiger partial charge in [-0.25, -0.2) is 14.0 Å². The van der Waals surface area contributed by atoms with E-state index in [1.165, 1.54) is 0 Å². The van der Waals surface area contributed by atoms with Gasteiger partial charge in [0.05, 0.1) is 6.20 Å². The van der Waals surface area contributed by atoms with Gasteiger partial charge in [-0.1, -0.05) is 0 Å². The van der Waals surface area contributed by atoms with Crippen molar-refractivity contribution in [2.75, 3.05) is 5.73 Å². The third-order valence-electron chi connectivity index (χ3n) is 1.42. The summed E-state index contributed by atoms with van der Waals surface area (Å²) in [5.41, 5.74) is 3.80. The number of anilines is 1. The number of aliphatic hydroxyl groups excluding tert-OH is 1. The van der Waals surface area contributed by atoms with Gasteiger partial charge in [0.2, 0.25) is 6.23 Å². The molecule has 0 saturated carbocycles. The third kappa shape index (κ3) is 1.69. The van der Waals surface area contributed by atoms with E-state index in [-0.39, 0.29) is 4.57 Å². The second-order valence-corrected chi connectivity index (χ2v) is 2.38. The lowest BCUT2D eigenvalue weighted by Gasteiger charge is -2.08. The van der Waals surface area contributed by atoms with Gasteiger partial charge in [0.15, 0.2) is 11.6 Å². The SMILES string of the molecule is Nc1nc(=O)n(C(O)C(=O)O)cc1F. The van der Waals surface area contributed by atoms with E-state index >= 15 is 0 Å². The highest BCUT2D eigenvalue weighted by Crippen LogP contribution is 2.04. The molecule has 76 valence electrons. The molecule has 0 aliphatic carbocycles. The van der Waals surface area contributed by atoms with Gasteiger partial charge in [0, 0.05) is 0 Å². The Bertz CT molecular complexity index is 430. The molecule has 7 nitrogen and oxygen atoms in total. The Morgan fingerprint density at radius 1 is 1.71 bits per heavy atom. The molecule has 0 radical (unpaired) electrons. The summed E-state index contributed by atoms with van der Waals surface area (Å²) in [5.74, 6) is -3.42. The predicted octanol–water partition coefficient (Wildman–Crippen LogP) is -1.46. The van der Waals surface area contributed by atoms with E-state index in [9.17, 15) is 14.0 Å². The molecule has 4 N–H and O–H groups in total. The Hall–Kier alpha value is -1.96. The number of nitrogen functional groups attached to an aromatic ring is 1. The minimum absolute atomic E-state index is 0.216. The summed E-state index contributed by atoms with van der Waals surface area (Å²) < 4.78 is 12.9. The quantitative estimate of drug-likeness (QED) is 0.540. The van der Waals surface area contributed by atoms with Crippen LogP contribution in [-0.4, -0.2) is 25.7 Å². The monoisotopic (exact) mass is 203 g/mol. The fourth-order valence-corrected chi connectivity index (χ4v) is 0.752. The molecular weight excluding hydrogens is 197 g/mol. The van der Waals surface area contributed by atoms with E-state index in [2.05, 4.69) is 4.98 Å². The molecule has 0 amide bonds. The van der Waals surface area contributed by atoms with Gasteiger partial charge in [0.1, 0.15) is 0 Å². The molecule has 0 aromatic carbocycles. The van der Waals surface area contributed by atoms with Gasteiger partial charge in [-0.15, -0.1) is 0 Å². The molecule has 0 spiro atoms. The standard InChI is InChI=1S/C6H6FN3O4/c7-2-1-10(4(11)5(12)13)6(14)9-3(2)8/h1,4,11H,(H,12,13)(H2,8,9,14). The van der Waals surface area contributed by atoms with Crippen LogP contribution in [0.3, 0.4) is 0 Å².